The molecule has 0 saturated heterocycles. The first-order valence-electron chi connectivity index (χ1n) is 7.20. The minimum absolute atomic E-state index is 0.155. The molecule has 122 valence electrons. The van der Waals surface area contributed by atoms with Crippen molar-refractivity contribution in [2.24, 2.45) is 0 Å². The van der Waals surface area contributed by atoms with Crippen molar-refractivity contribution >= 4 is 39.9 Å². The van der Waals surface area contributed by atoms with Gasteiger partial charge in [0.25, 0.3) is 11.5 Å². The number of H-pyrrole nitrogens is 1. The van der Waals surface area contributed by atoms with Gasteiger partial charge >= 0.3 is 0 Å². The maximum absolute atomic E-state index is 12.6. The average Bonchev–Trinajstić information content (AvgIpc) is 2.55. The molecule has 0 radical (unpaired) electrons. The number of halogens is 2. The lowest BCUT2D eigenvalue weighted by atomic mass is 10.1. The molecule has 1 heterocycles. The fraction of sp³-hybridized carbons (Fsp3) is 0.118. The molecular formula is C17H13Cl2N3O2. The number of amides is 1. The molecule has 0 unspecified atom stereocenters. The third-order valence-corrected chi connectivity index (χ3v) is 4.25. The molecule has 1 aromatic heterocycles. The highest BCUT2D eigenvalue weighted by Gasteiger charge is 2.18. The summed E-state index contributed by atoms with van der Waals surface area (Å²) < 4.78 is 0. The Morgan fingerprint density at radius 1 is 1.17 bits per heavy atom. The molecular weight excluding hydrogens is 349 g/mol. The molecule has 3 aromatic rings. The molecule has 1 atom stereocenters. The number of aromatic nitrogens is 2. The fourth-order valence-corrected chi connectivity index (χ4v) is 3.06. The zero-order chi connectivity index (χ0) is 17.3. The van der Waals surface area contributed by atoms with E-state index in [2.05, 4.69) is 15.5 Å². The standard InChI is InChI=1S/C17H13Cl2N3O2/c1-9(11-7-6-10(18)8-14(11)19)20-17(24)15-12-4-2-3-5-13(12)16(23)22-21-15/h2-9H,1H3,(H,20,24)(H,22,23)/t9-/m0/s1. The molecule has 3 rings (SSSR count). The van der Waals surface area contributed by atoms with Gasteiger partial charge in [-0.1, -0.05) is 47.5 Å². The van der Waals surface area contributed by atoms with Gasteiger partial charge < -0.3 is 5.32 Å². The minimum Gasteiger partial charge on any atom is -0.344 e. The Labute approximate surface area is 147 Å². The van der Waals surface area contributed by atoms with Gasteiger partial charge in [-0.15, -0.1) is 0 Å². The number of fused-ring (bicyclic) bond motifs is 1. The van der Waals surface area contributed by atoms with E-state index in [1.165, 1.54) is 0 Å². The molecule has 0 fully saturated rings. The van der Waals surface area contributed by atoms with Gasteiger partial charge in [0.15, 0.2) is 5.69 Å². The maximum atomic E-state index is 12.6. The molecule has 2 N–H and O–H groups in total. The Morgan fingerprint density at radius 2 is 1.88 bits per heavy atom. The minimum atomic E-state index is -0.402. The molecule has 5 nitrogen and oxygen atoms in total. The number of carbonyl (C=O) groups is 1. The van der Waals surface area contributed by atoms with Crippen molar-refractivity contribution in [1.29, 1.82) is 0 Å². The second kappa shape index (κ2) is 6.63. The molecule has 2 aromatic carbocycles. The van der Waals surface area contributed by atoms with Gasteiger partial charge in [0, 0.05) is 15.4 Å². The van der Waals surface area contributed by atoms with Crippen LogP contribution in [-0.2, 0) is 0 Å². The van der Waals surface area contributed by atoms with Crippen LogP contribution in [0.25, 0.3) is 10.8 Å². The quantitative estimate of drug-likeness (QED) is 0.746. The van der Waals surface area contributed by atoms with Crippen LogP contribution in [0.4, 0.5) is 0 Å². The topological polar surface area (TPSA) is 74.8 Å². The van der Waals surface area contributed by atoms with E-state index in [-0.39, 0.29) is 17.3 Å². The zero-order valence-corrected chi connectivity index (χ0v) is 14.2. The summed E-state index contributed by atoms with van der Waals surface area (Å²) in [6, 6.07) is 11.5. The number of hydrogen-bond donors (Lipinski definition) is 2. The van der Waals surface area contributed by atoms with Crippen LogP contribution in [0.3, 0.4) is 0 Å². The molecule has 24 heavy (non-hydrogen) atoms. The van der Waals surface area contributed by atoms with Crippen LogP contribution in [0.15, 0.2) is 47.3 Å². The lowest BCUT2D eigenvalue weighted by Gasteiger charge is -2.16. The Kier molecular flexibility index (Phi) is 4.55. The van der Waals surface area contributed by atoms with Crippen molar-refractivity contribution in [3.05, 3.63) is 74.1 Å². The van der Waals surface area contributed by atoms with Gasteiger partial charge in [0.05, 0.1) is 11.4 Å². The number of hydrogen-bond acceptors (Lipinski definition) is 3. The Balaban J connectivity index is 1.93. The third-order valence-electron chi connectivity index (χ3n) is 3.69. The van der Waals surface area contributed by atoms with Crippen LogP contribution < -0.4 is 10.9 Å². The van der Waals surface area contributed by atoms with Crippen LogP contribution in [0.1, 0.15) is 29.0 Å². The number of rotatable bonds is 3. The summed E-state index contributed by atoms with van der Waals surface area (Å²) in [6.07, 6.45) is 0. The number of aromatic amines is 1. The highest BCUT2D eigenvalue weighted by Crippen LogP contribution is 2.26. The van der Waals surface area contributed by atoms with E-state index in [0.717, 1.165) is 5.56 Å². The number of carbonyl (C=O) groups excluding carboxylic acids is 1. The molecule has 0 bridgehead atoms. The number of benzene rings is 2. The first-order chi connectivity index (χ1) is 11.5. The molecule has 0 spiro atoms. The smallest absolute Gasteiger partial charge is 0.272 e. The predicted octanol–water partition coefficient (Wildman–Crippen LogP) is 3.72. The van der Waals surface area contributed by atoms with Gasteiger partial charge in [0.2, 0.25) is 0 Å². The summed E-state index contributed by atoms with van der Waals surface area (Å²) in [4.78, 5) is 24.4. The summed E-state index contributed by atoms with van der Waals surface area (Å²) in [6.45, 7) is 1.81. The van der Waals surface area contributed by atoms with Gasteiger partial charge in [-0.3, -0.25) is 9.59 Å². The monoisotopic (exact) mass is 361 g/mol. The van der Waals surface area contributed by atoms with Crippen molar-refractivity contribution in [3.8, 4) is 0 Å². The number of nitrogens with zero attached hydrogens (tertiary/aromatic N) is 1. The molecule has 7 heteroatoms. The van der Waals surface area contributed by atoms with E-state index < -0.39 is 5.91 Å². The van der Waals surface area contributed by atoms with Crippen molar-refractivity contribution in [2.75, 3.05) is 0 Å². The Bertz CT molecular complexity index is 985. The van der Waals surface area contributed by atoms with Gasteiger partial charge in [-0.25, -0.2) is 5.10 Å². The SMILES string of the molecule is C[C@H](NC(=O)c1n[nH]c(=O)c2ccccc12)c1ccc(Cl)cc1Cl. The summed E-state index contributed by atoms with van der Waals surface area (Å²) in [5, 5.41) is 11.0. The Hall–Kier alpha value is -2.37. The second-order valence-electron chi connectivity index (χ2n) is 5.31. The second-order valence-corrected chi connectivity index (χ2v) is 6.15. The van der Waals surface area contributed by atoms with E-state index in [1.54, 1.807) is 49.4 Å². The zero-order valence-electron chi connectivity index (χ0n) is 12.6. The molecule has 0 saturated carbocycles. The number of nitrogens with one attached hydrogen (secondary N) is 2. The predicted molar refractivity (Wildman–Crippen MR) is 94.7 cm³/mol. The van der Waals surface area contributed by atoms with Crippen LogP contribution in [-0.4, -0.2) is 16.1 Å². The van der Waals surface area contributed by atoms with E-state index >= 15 is 0 Å². The first kappa shape index (κ1) is 16.5. The fourth-order valence-electron chi connectivity index (χ4n) is 2.48. The summed E-state index contributed by atoms with van der Waals surface area (Å²) in [7, 11) is 0. The lowest BCUT2D eigenvalue weighted by molar-refractivity contribution is 0.0935. The lowest BCUT2D eigenvalue weighted by Crippen LogP contribution is -2.29. The summed E-state index contributed by atoms with van der Waals surface area (Å²) >= 11 is 12.1. The van der Waals surface area contributed by atoms with Crippen molar-refractivity contribution < 1.29 is 4.79 Å². The van der Waals surface area contributed by atoms with E-state index in [9.17, 15) is 9.59 Å². The largest absolute Gasteiger partial charge is 0.344 e. The summed E-state index contributed by atoms with van der Waals surface area (Å²) in [5.41, 5.74) is 0.557. The van der Waals surface area contributed by atoms with Gasteiger partial charge in [-0.2, -0.15) is 5.10 Å². The molecule has 0 aliphatic heterocycles. The molecule has 0 aliphatic rings. The third kappa shape index (κ3) is 3.13. The average molecular weight is 362 g/mol. The highest BCUT2D eigenvalue weighted by molar-refractivity contribution is 6.35. The van der Waals surface area contributed by atoms with E-state index in [1.807, 2.05) is 0 Å². The summed E-state index contributed by atoms with van der Waals surface area (Å²) in [5.74, 6) is -0.402. The molecule has 1 amide bonds. The van der Waals surface area contributed by atoms with Gasteiger partial charge in [-0.05, 0) is 30.7 Å². The van der Waals surface area contributed by atoms with Gasteiger partial charge in [0.1, 0.15) is 0 Å². The van der Waals surface area contributed by atoms with Crippen molar-refractivity contribution in [3.63, 3.8) is 0 Å². The van der Waals surface area contributed by atoms with Crippen molar-refractivity contribution in [1.82, 2.24) is 15.5 Å². The van der Waals surface area contributed by atoms with Crippen LogP contribution in [0.5, 0.6) is 0 Å². The maximum Gasteiger partial charge on any atom is 0.272 e. The van der Waals surface area contributed by atoms with E-state index in [4.69, 9.17) is 23.2 Å². The molecule has 0 aliphatic carbocycles. The van der Waals surface area contributed by atoms with Crippen LogP contribution in [0.2, 0.25) is 10.0 Å². The van der Waals surface area contributed by atoms with Crippen LogP contribution in [0, 0.1) is 0 Å². The highest BCUT2D eigenvalue weighted by atomic mass is 35.5. The van der Waals surface area contributed by atoms with Crippen LogP contribution >= 0.6 is 23.2 Å². The van der Waals surface area contributed by atoms with E-state index in [0.29, 0.717) is 20.8 Å². The Morgan fingerprint density at radius 3 is 2.58 bits per heavy atom. The van der Waals surface area contributed by atoms with Crippen molar-refractivity contribution in [2.45, 2.75) is 13.0 Å². The normalized spacial score (nSPS) is 12.1. The first-order valence-corrected chi connectivity index (χ1v) is 7.96.